The first kappa shape index (κ1) is 18.4. The summed E-state index contributed by atoms with van der Waals surface area (Å²) in [4.78, 5) is 30.7. The summed E-state index contributed by atoms with van der Waals surface area (Å²) in [7, 11) is 0. The average molecular weight is 349 g/mol. The number of para-hydroxylation sites is 1. The van der Waals surface area contributed by atoms with Crippen molar-refractivity contribution in [2.45, 2.75) is 32.9 Å². The Bertz CT molecular complexity index is 732. The number of aromatic nitrogens is 2. The van der Waals surface area contributed by atoms with Crippen molar-refractivity contribution in [3.63, 3.8) is 0 Å². The van der Waals surface area contributed by atoms with Crippen LogP contribution in [0.4, 0.5) is 4.39 Å². The Balaban J connectivity index is 1.98. The number of carbonyl (C=O) groups excluding carboxylic acids is 2. The molecule has 7 nitrogen and oxygen atoms in total. The predicted molar refractivity (Wildman–Crippen MR) is 87.5 cm³/mol. The van der Waals surface area contributed by atoms with Gasteiger partial charge in [0.1, 0.15) is 0 Å². The fourth-order valence-corrected chi connectivity index (χ4v) is 2.14. The molecule has 0 saturated carbocycles. The highest BCUT2D eigenvalue weighted by Gasteiger charge is 2.21. The van der Waals surface area contributed by atoms with Crippen LogP contribution in [0, 0.1) is 5.82 Å². The number of esters is 1. The lowest BCUT2D eigenvalue weighted by molar-refractivity contribution is -0.128. The van der Waals surface area contributed by atoms with E-state index in [1.165, 1.54) is 18.5 Å². The summed E-state index contributed by atoms with van der Waals surface area (Å²) in [6.45, 7) is 3.72. The number of halogens is 1. The van der Waals surface area contributed by atoms with Crippen LogP contribution in [0.2, 0.25) is 0 Å². The van der Waals surface area contributed by atoms with Crippen LogP contribution in [-0.2, 0) is 16.1 Å². The Hall–Kier alpha value is -2.90. The zero-order valence-electron chi connectivity index (χ0n) is 14.0. The van der Waals surface area contributed by atoms with E-state index in [2.05, 4.69) is 15.3 Å². The minimum absolute atomic E-state index is 0.0123. The maximum atomic E-state index is 13.7. The Labute approximate surface area is 144 Å². The summed E-state index contributed by atoms with van der Waals surface area (Å²) in [5.41, 5.74) is 0.540. The van der Waals surface area contributed by atoms with E-state index in [1.807, 2.05) is 0 Å². The fraction of sp³-hybridized carbons (Fsp3) is 0.353. The van der Waals surface area contributed by atoms with Gasteiger partial charge in [0.2, 0.25) is 0 Å². The number of imidazole rings is 1. The van der Waals surface area contributed by atoms with Gasteiger partial charge in [-0.25, -0.2) is 14.2 Å². The van der Waals surface area contributed by atoms with Crippen LogP contribution in [0.15, 0.2) is 30.6 Å². The molecule has 8 heteroatoms. The molecular weight excluding hydrogens is 329 g/mol. The van der Waals surface area contributed by atoms with E-state index in [4.69, 9.17) is 9.47 Å². The molecule has 1 amide bonds. The lowest BCUT2D eigenvalue weighted by Crippen LogP contribution is -2.38. The van der Waals surface area contributed by atoms with Gasteiger partial charge in [0.25, 0.3) is 5.91 Å². The molecule has 0 bridgehead atoms. The number of hydrogen-bond acceptors (Lipinski definition) is 5. The molecule has 0 aliphatic rings. The Morgan fingerprint density at radius 1 is 1.32 bits per heavy atom. The fourth-order valence-electron chi connectivity index (χ4n) is 2.14. The maximum Gasteiger partial charge on any atom is 0.358 e. The first-order valence-corrected chi connectivity index (χ1v) is 7.95. The second-order valence-electron chi connectivity index (χ2n) is 5.11. The smallest absolute Gasteiger partial charge is 0.358 e. The third kappa shape index (κ3) is 4.79. The van der Waals surface area contributed by atoms with Crippen molar-refractivity contribution >= 4 is 11.9 Å². The number of rotatable bonds is 8. The van der Waals surface area contributed by atoms with Crippen molar-refractivity contribution in [3.05, 3.63) is 47.8 Å². The van der Waals surface area contributed by atoms with Crippen LogP contribution in [0.5, 0.6) is 5.75 Å². The third-order valence-corrected chi connectivity index (χ3v) is 3.40. The van der Waals surface area contributed by atoms with E-state index in [9.17, 15) is 14.0 Å². The van der Waals surface area contributed by atoms with Gasteiger partial charge in [-0.15, -0.1) is 0 Å². The Morgan fingerprint density at radius 2 is 2.08 bits per heavy atom. The first-order chi connectivity index (χ1) is 12.1. The molecule has 2 aromatic rings. The summed E-state index contributed by atoms with van der Waals surface area (Å²) < 4.78 is 24.0. The SMILES string of the molecule is CCOC(=O)c1nc[nH]c1CNC(=O)C(CC)Oc1ccccc1F. The Kier molecular flexibility index (Phi) is 6.50. The second-order valence-corrected chi connectivity index (χ2v) is 5.11. The van der Waals surface area contributed by atoms with Crippen LogP contribution in [0.1, 0.15) is 36.5 Å². The summed E-state index contributed by atoms with van der Waals surface area (Å²) in [6, 6.07) is 5.88. The summed E-state index contributed by atoms with van der Waals surface area (Å²) >= 11 is 0. The first-order valence-electron chi connectivity index (χ1n) is 7.95. The van der Waals surface area contributed by atoms with E-state index in [0.29, 0.717) is 12.1 Å². The number of ether oxygens (including phenoxy) is 2. The van der Waals surface area contributed by atoms with E-state index in [0.717, 1.165) is 0 Å². The number of carbonyl (C=O) groups is 2. The van der Waals surface area contributed by atoms with Gasteiger partial charge in [-0.3, -0.25) is 4.79 Å². The van der Waals surface area contributed by atoms with Crippen LogP contribution in [0.3, 0.4) is 0 Å². The maximum absolute atomic E-state index is 13.7. The normalized spacial score (nSPS) is 11.6. The van der Waals surface area contributed by atoms with Crippen LogP contribution in [0.25, 0.3) is 0 Å². The minimum atomic E-state index is -0.856. The van der Waals surface area contributed by atoms with Crippen LogP contribution >= 0.6 is 0 Å². The zero-order chi connectivity index (χ0) is 18.2. The largest absolute Gasteiger partial charge is 0.478 e. The van der Waals surface area contributed by atoms with Gasteiger partial charge in [0.15, 0.2) is 23.4 Å². The van der Waals surface area contributed by atoms with Crippen molar-refractivity contribution in [1.29, 1.82) is 0 Å². The van der Waals surface area contributed by atoms with Crippen molar-refractivity contribution in [1.82, 2.24) is 15.3 Å². The summed E-state index contributed by atoms with van der Waals surface area (Å²) in [6.07, 6.45) is 0.847. The monoisotopic (exact) mass is 349 g/mol. The summed E-state index contributed by atoms with van der Waals surface area (Å²) in [5, 5.41) is 2.65. The van der Waals surface area contributed by atoms with Crippen molar-refractivity contribution in [2.75, 3.05) is 6.61 Å². The molecule has 134 valence electrons. The molecule has 0 radical (unpaired) electrons. The highest BCUT2D eigenvalue weighted by Crippen LogP contribution is 2.18. The van der Waals surface area contributed by atoms with Crippen LogP contribution in [-0.4, -0.2) is 34.6 Å². The molecular formula is C17H20FN3O4. The van der Waals surface area contributed by atoms with E-state index in [1.54, 1.807) is 26.0 Å². The standard InChI is InChI=1S/C17H20FN3O4/c1-3-13(25-14-8-6-5-7-11(14)18)16(22)19-9-12-15(21-10-20-12)17(23)24-4-2/h5-8,10,13H,3-4,9H2,1-2H3,(H,19,22)(H,20,21). The molecule has 0 aliphatic carbocycles. The minimum Gasteiger partial charge on any atom is -0.478 e. The second kappa shape index (κ2) is 8.81. The Morgan fingerprint density at radius 3 is 2.76 bits per heavy atom. The highest BCUT2D eigenvalue weighted by atomic mass is 19.1. The molecule has 1 heterocycles. The number of H-pyrrole nitrogens is 1. The molecule has 1 aromatic carbocycles. The molecule has 1 aromatic heterocycles. The number of aromatic amines is 1. The molecule has 0 spiro atoms. The van der Waals surface area contributed by atoms with E-state index < -0.39 is 23.8 Å². The van der Waals surface area contributed by atoms with Gasteiger partial charge in [-0.2, -0.15) is 0 Å². The van der Waals surface area contributed by atoms with Gasteiger partial charge in [0, 0.05) is 0 Å². The zero-order valence-corrected chi connectivity index (χ0v) is 14.0. The number of hydrogen-bond donors (Lipinski definition) is 2. The molecule has 2 N–H and O–H groups in total. The molecule has 0 aliphatic heterocycles. The predicted octanol–water partition coefficient (Wildman–Crippen LogP) is 2.20. The van der Waals surface area contributed by atoms with Gasteiger partial charge >= 0.3 is 5.97 Å². The van der Waals surface area contributed by atoms with Gasteiger partial charge in [-0.05, 0) is 25.5 Å². The lowest BCUT2D eigenvalue weighted by Gasteiger charge is -2.17. The van der Waals surface area contributed by atoms with Gasteiger partial charge < -0.3 is 19.8 Å². The number of benzene rings is 1. The number of amides is 1. The van der Waals surface area contributed by atoms with Gasteiger partial charge in [-0.1, -0.05) is 19.1 Å². The topological polar surface area (TPSA) is 93.3 Å². The average Bonchev–Trinajstić information content (AvgIpc) is 3.08. The van der Waals surface area contributed by atoms with Crippen molar-refractivity contribution in [2.24, 2.45) is 0 Å². The third-order valence-electron chi connectivity index (χ3n) is 3.40. The quantitative estimate of drug-likeness (QED) is 0.713. The van der Waals surface area contributed by atoms with E-state index in [-0.39, 0.29) is 24.6 Å². The molecule has 1 unspecified atom stereocenters. The highest BCUT2D eigenvalue weighted by molar-refractivity contribution is 5.88. The molecule has 0 fully saturated rings. The summed E-state index contributed by atoms with van der Waals surface area (Å²) in [5.74, 6) is -1.51. The van der Waals surface area contributed by atoms with Crippen molar-refractivity contribution in [3.8, 4) is 5.75 Å². The molecule has 25 heavy (non-hydrogen) atoms. The number of nitrogens with zero attached hydrogens (tertiary/aromatic N) is 1. The van der Waals surface area contributed by atoms with Crippen LogP contribution < -0.4 is 10.1 Å². The van der Waals surface area contributed by atoms with E-state index >= 15 is 0 Å². The lowest BCUT2D eigenvalue weighted by atomic mass is 10.2. The van der Waals surface area contributed by atoms with Crippen molar-refractivity contribution < 1.29 is 23.5 Å². The molecule has 0 saturated heterocycles. The van der Waals surface area contributed by atoms with Gasteiger partial charge in [0.05, 0.1) is 25.2 Å². The number of nitrogens with one attached hydrogen (secondary N) is 2. The molecule has 1 atom stereocenters. The molecule has 2 rings (SSSR count).